The minimum Gasteiger partial charge on any atom is -0.300 e. The van der Waals surface area contributed by atoms with Crippen molar-refractivity contribution in [2.24, 2.45) is 23.7 Å². The molecule has 1 saturated carbocycles. The van der Waals surface area contributed by atoms with Crippen molar-refractivity contribution < 1.29 is 32.7 Å². The number of hydrogen-bond acceptors (Lipinski definition) is 1. The molecule has 1 fully saturated rings. The Morgan fingerprint density at radius 1 is 1.33 bits per heavy atom. The molecule has 0 spiro atoms. The van der Waals surface area contributed by atoms with Crippen LogP contribution in [0.15, 0.2) is 24.2 Å². The van der Waals surface area contributed by atoms with E-state index in [1.54, 1.807) is 17.3 Å². The average molecular weight is 376 g/mol. The summed E-state index contributed by atoms with van der Waals surface area (Å²) in [7, 11) is 5.60. The van der Waals surface area contributed by atoms with E-state index in [1.165, 1.54) is 30.6 Å². The summed E-state index contributed by atoms with van der Waals surface area (Å²) in [6.07, 6.45) is 7.43. The van der Waals surface area contributed by atoms with E-state index in [4.69, 9.17) is 7.85 Å². The fraction of sp³-hybridized carbons (Fsp3) is 0.667. The second-order valence-corrected chi connectivity index (χ2v) is 6.69. The van der Waals surface area contributed by atoms with Crippen molar-refractivity contribution in [3.8, 4) is 0 Å². The summed E-state index contributed by atoms with van der Waals surface area (Å²) in [4.78, 5) is 1.47. The molecule has 1 aromatic heterocycles. The fourth-order valence-corrected chi connectivity index (χ4v) is 4.24. The van der Waals surface area contributed by atoms with Crippen molar-refractivity contribution in [2.45, 2.75) is 53.4 Å². The van der Waals surface area contributed by atoms with Gasteiger partial charge in [-0.2, -0.15) is 6.07 Å². The maximum absolute atomic E-state index is 5.60. The Hall–Kier alpha value is 0.609. The van der Waals surface area contributed by atoms with Gasteiger partial charge >= 0.3 is 0 Å². The molecule has 21 heavy (non-hydrogen) atoms. The minimum absolute atomic E-state index is 0. The van der Waals surface area contributed by atoms with Crippen LogP contribution in [0.5, 0.6) is 0 Å². The Kier molecular flexibility index (Phi) is 12.4. The van der Waals surface area contributed by atoms with Crippen molar-refractivity contribution in [1.82, 2.24) is 0 Å². The third-order valence-electron chi connectivity index (χ3n) is 4.45. The van der Waals surface area contributed by atoms with Crippen molar-refractivity contribution in [3.05, 3.63) is 34.4 Å². The maximum Gasteiger partial charge on any atom is 0.102 e. The molecule has 3 heteroatoms. The van der Waals surface area contributed by atoms with E-state index >= 15 is 0 Å². The van der Waals surface area contributed by atoms with Gasteiger partial charge in [-0.05, 0) is 30.1 Å². The molecule has 1 aromatic rings. The van der Waals surface area contributed by atoms with E-state index in [0.29, 0.717) is 5.92 Å². The van der Waals surface area contributed by atoms with Crippen molar-refractivity contribution in [1.29, 1.82) is 0 Å². The Balaban J connectivity index is 0.00000128. The third kappa shape index (κ3) is 6.71. The molecule has 0 N–H and O–H groups in total. The first-order chi connectivity index (χ1) is 9.72. The van der Waals surface area contributed by atoms with Crippen LogP contribution in [-0.2, 0) is 39.1 Å². The standard InChI is InChI=1S/C16H22BS.C2H6.Y/c1-12-11-13(2)16(8-9-17)15(12)7-3-5-14-6-4-10-18-14;1-2;/h4,6,8-9,12-13,15-16H,3,5,7,11H2,1-2H3;1-2H3;/q-1;;. The maximum atomic E-state index is 5.60. The van der Waals surface area contributed by atoms with Crippen LogP contribution in [0.2, 0.25) is 0 Å². The first kappa shape index (κ1) is 21.6. The Morgan fingerprint density at radius 2 is 2.05 bits per heavy atom. The Labute approximate surface area is 162 Å². The van der Waals surface area contributed by atoms with Gasteiger partial charge in [0.15, 0.2) is 0 Å². The molecule has 0 saturated heterocycles. The van der Waals surface area contributed by atoms with Crippen LogP contribution < -0.4 is 0 Å². The topological polar surface area (TPSA) is 0 Å². The predicted molar refractivity (Wildman–Crippen MR) is 92.3 cm³/mol. The van der Waals surface area contributed by atoms with Crippen molar-refractivity contribution >= 4 is 19.2 Å². The van der Waals surface area contributed by atoms with Gasteiger partial charge in [0.05, 0.1) is 0 Å². The molecule has 4 unspecified atom stereocenters. The van der Waals surface area contributed by atoms with Gasteiger partial charge in [-0.15, -0.1) is 16.2 Å². The third-order valence-corrected chi connectivity index (χ3v) is 5.30. The van der Waals surface area contributed by atoms with Gasteiger partial charge in [0.25, 0.3) is 0 Å². The smallest absolute Gasteiger partial charge is 0.102 e. The second kappa shape index (κ2) is 12.1. The molecule has 0 bridgehead atoms. The Morgan fingerprint density at radius 3 is 2.62 bits per heavy atom. The molecule has 1 aliphatic rings. The molecular weight excluding hydrogens is 348 g/mol. The van der Waals surface area contributed by atoms with Gasteiger partial charge in [0, 0.05) is 32.7 Å². The minimum atomic E-state index is 0. The van der Waals surface area contributed by atoms with Crippen LogP contribution in [0.3, 0.4) is 0 Å². The predicted octanol–water partition coefficient (Wildman–Crippen LogP) is 5.49. The first-order valence-electron chi connectivity index (χ1n) is 8.05. The average Bonchev–Trinajstić information content (AvgIpc) is 3.04. The zero-order chi connectivity index (χ0) is 15.0. The van der Waals surface area contributed by atoms with Crippen LogP contribution in [-0.4, -0.2) is 7.85 Å². The van der Waals surface area contributed by atoms with Crippen LogP contribution in [0, 0.1) is 29.1 Å². The van der Waals surface area contributed by atoms with Crippen LogP contribution in [0.25, 0.3) is 0 Å². The van der Waals surface area contributed by atoms with Gasteiger partial charge in [-0.1, -0.05) is 53.0 Å². The summed E-state index contributed by atoms with van der Waals surface area (Å²) >= 11 is 1.76. The van der Waals surface area contributed by atoms with Gasteiger partial charge < -0.3 is 11.3 Å². The van der Waals surface area contributed by atoms with E-state index in [0.717, 1.165) is 17.8 Å². The van der Waals surface area contributed by atoms with Crippen LogP contribution in [0.1, 0.15) is 51.8 Å². The summed E-state index contributed by atoms with van der Waals surface area (Å²) in [5.74, 6) is 4.90. The SMILES string of the molecule is CC.[B]C=CC1C(C)CC(C)C1CCCc1cc[c-]s1.[Y]. The Bertz CT molecular complexity index is 375. The number of rotatable bonds is 5. The molecule has 0 aliphatic heterocycles. The monoisotopic (exact) mass is 376 g/mol. The number of aryl methyl sites for hydroxylation is 1. The number of hydrogen-bond donors (Lipinski definition) is 0. The zero-order valence-corrected chi connectivity index (χ0v) is 17.7. The van der Waals surface area contributed by atoms with Gasteiger partial charge in [0.1, 0.15) is 7.85 Å². The molecule has 0 nitrogen and oxygen atoms in total. The molecule has 0 amide bonds. The molecular formula is C18H28BSY-. The molecule has 0 aromatic carbocycles. The first-order valence-corrected chi connectivity index (χ1v) is 8.87. The number of allylic oxidation sites excluding steroid dienone is 1. The van der Waals surface area contributed by atoms with Crippen LogP contribution >= 0.6 is 11.3 Å². The van der Waals surface area contributed by atoms with E-state index in [2.05, 4.69) is 31.4 Å². The summed E-state index contributed by atoms with van der Waals surface area (Å²) < 4.78 is 0. The molecule has 2 rings (SSSR count). The molecule has 113 valence electrons. The van der Waals surface area contributed by atoms with Crippen molar-refractivity contribution in [2.75, 3.05) is 0 Å². The van der Waals surface area contributed by atoms with Gasteiger partial charge in [0.2, 0.25) is 0 Å². The van der Waals surface area contributed by atoms with E-state index in [9.17, 15) is 0 Å². The quantitative estimate of drug-likeness (QED) is 0.471. The molecule has 1 heterocycles. The molecule has 3 radical (unpaired) electrons. The summed E-state index contributed by atoms with van der Waals surface area (Å²) in [6, 6.07) is 4.23. The van der Waals surface area contributed by atoms with Gasteiger partial charge in [-0.3, -0.25) is 0 Å². The molecule has 4 atom stereocenters. The normalized spacial score (nSPS) is 28.0. The zero-order valence-electron chi connectivity index (χ0n) is 14.0. The summed E-state index contributed by atoms with van der Waals surface area (Å²) in [5, 5.41) is 3.17. The van der Waals surface area contributed by atoms with E-state index in [1.807, 2.05) is 19.9 Å². The van der Waals surface area contributed by atoms with E-state index < -0.39 is 0 Å². The van der Waals surface area contributed by atoms with Gasteiger partial charge in [-0.25, -0.2) is 6.07 Å². The summed E-state index contributed by atoms with van der Waals surface area (Å²) in [6.45, 7) is 8.78. The van der Waals surface area contributed by atoms with E-state index in [-0.39, 0.29) is 32.7 Å². The summed E-state index contributed by atoms with van der Waals surface area (Å²) in [5.41, 5.74) is 0. The second-order valence-electron chi connectivity index (χ2n) is 5.73. The number of thiophene rings is 1. The largest absolute Gasteiger partial charge is 0.300 e. The van der Waals surface area contributed by atoms with Crippen molar-refractivity contribution in [3.63, 3.8) is 0 Å². The molecule has 1 aliphatic carbocycles. The fourth-order valence-electron chi connectivity index (χ4n) is 3.57. The van der Waals surface area contributed by atoms with Crippen LogP contribution in [0.4, 0.5) is 0 Å².